The molecule has 86 valence electrons. The Bertz CT molecular complexity index is 472. The van der Waals surface area contributed by atoms with Crippen LogP contribution in [-0.4, -0.2) is 15.9 Å². The number of aromatic nitrogens is 2. The van der Waals surface area contributed by atoms with E-state index in [1.54, 1.807) is 13.8 Å². The fourth-order valence-corrected chi connectivity index (χ4v) is 2.20. The molecule has 0 radical (unpaired) electrons. The molecular weight excluding hydrogens is 247 g/mol. The van der Waals surface area contributed by atoms with Crippen molar-refractivity contribution in [1.29, 1.82) is 0 Å². The monoisotopic (exact) mass is 258 g/mol. The van der Waals surface area contributed by atoms with Gasteiger partial charge in [-0.2, -0.15) is 0 Å². The SMILES string of the molecule is C=C(C)C(=O)OPSc1ncc(C)c(=O)[nH]1. The molecule has 1 N–H and O–H groups in total. The number of carbonyl (C=O) groups is 1. The van der Waals surface area contributed by atoms with E-state index in [2.05, 4.69) is 16.5 Å². The van der Waals surface area contributed by atoms with E-state index in [4.69, 9.17) is 4.52 Å². The Kier molecular flexibility index (Phi) is 4.71. The van der Waals surface area contributed by atoms with Gasteiger partial charge in [0, 0.05) is 17.3 Å². The summed E-state index contributed by atoms with van der Waals surface area (Å²) in [5.74, 6) is -0.444. The second kappa shape index (κ2) is 5.82. The molecule has 1 heterocycles. The Morgan fingerprint density at radius 2 is 2.38 bits per heavy atom. The van der Waals surface area contributed by atoms with Crippen LogP contribution in [0, 0.1) is 6.92 Å². The molecule has 0 aliphatic rings. The van der Waals surface area contributed by atoms with Crippen LogP contribution in [0.25, 0.3) is 0 Å². The number of nitrogens with zero attached hydrogens (tertiary/aromatic N) is 1. The van der Waals surface area contributed by atoms with E-state index in [9.17, 15) is 9.59 Å². The third-order valence-corrected chi connectivity index (χ3v) is 3.41. The minimum Gasteiger partial charge on any atom is -0.433 e. The molecule has 1 rings (SSSR count). The van der Waals surface area contributed by atoms with Crippen LogP contribution in [-0.2, 0) is 9.32 Å². The smallest absolute Gasteiger partial charge is 0.336 e. The van der Waals surface area contributed by atoms with Crippen LogP contribution in [0.15, 0.2) is 28.3 Å². The number of aryl methyl sites for hydroxylation is 1. The molecule has 1 atom stereocenters. The molecule has 0 aliphatic heterocycles. The molecule has 0 aliphatic carbocycles. The molecule has 1 unspecified atom stereocenters. The fraction of sp³-hybridized carbons (Fsp3) is 0.222. The fourth-order valence-electron chi connectivity index (χ4n) is 0.679. The summed E-state index contributed by atoms with van der Waals surface area (Å²) in [7, 11) is -0.150. The van der Waals surface area contributed by atoms with Gasteiger partial charge < -0.3 is 9.51 Å². The quantitative estimate of drug-likeness (QED) is 0.506. The summed E-state index contributed by atoms with van der Waals surface area (Å²) in [5, 5.41) is 0.434. The average Bonchev–Trinajstić information content (AvgIpc) is 2.23. The number of carbonyl (C=O) groups excluding carboxylic acids is 1. The molecule has 0 saturated carbocycles. The predicted octanol–water partition coefficient (Wildman–Crippen LogP) is 1.80. The van der Waals surface area contributed by atoms with Crippen molar-refractivity contribution >= 4 is 25.4 Å². The van der Waals surface area contributed by atoms with Crippen molar-refractivity contribution in [1.82, 2.24) is 9.97 Å². The van der Waals surface area contributed by atoms with Gasteiger partial charge in [-0.15, -0.1) is 0 Å². The van der Waals surface area contributed by atoms with Crippen LogP contribution >= 0.6 is 19.4 Å². The van der Waals surface area contributed by atoms with Crippen molar-refractivity contribution in [2.45, 2.75) is 19.0 Å². The summed E-state index contributed by atoms with van der Waals surface area (Å²) < 4.78 is 4.87. The number of hydrogen-bond donors (Lipinski definition) is 1. The van der Waals surface area contributed by atoms with Crippen LogP contribution in [0.3, 0.4) is 0 Å². The third-order valence-electron chi connectivity index (χ3n) is 1.58. The Hall–Kier alpha value is -1.13. The van der Waals surface area contributed by atoms with Crippen LogP contribution in [0.5, 0.6) is 0 Å². The Balaban J connectivity index is 2.50. The van der Waals surface area contributed by atoms with Crippen LogP contribution in [0.1, 0.15) is 12.5 Å². The predicted molar refractivity (Wildman–Crippen MR) is 64.7 cm³/mol. The summed E-state index contributed by atoms with van der Waals surface area (Å²) >= 11 is 1.17. The summed E-state index contributed by atoms with van der Waals surface area (Å²) in [6.45, 7) is 6.70. The number of rotatable bonds is 4. The molecule has 1 aromatic rings. The van der Waals surface area contributed by atoms with E-state index in [1.807, 2.05) is 0 Å². The van der Waals surface area contributed by atoms with Gasteiger partial charge in [0.2, 0.25) is 0 Å². The second-order valence-corrected chi connectivity index (χ2v) is 5.13. The maximum absolute atomic E-state index is 11.2. The van der Waals surface area contributed by atoms with Crippen LogP contribution in [0.4, 0.5) is 0 Å². The zero-order chi connectivity index (χ0) is 12.1. The maximum Gasteiger partial charge on any atom is 0.336 e. The highest BCUT2D eigenvalue weighted by Gasteiger charge is 2.05. The number of hydrogen-bond acceptors (Lipinski definition) is 5. The van der Waals surface area contributed by atoms with E-state index in [0.717, 1.165) is 0 Å². The van der Waals surface area contributed by atoms with Gasteiger partial charge in [0.05, 0.1) is 0 Å². The van der Waals surface area contributed by atoms with Gasteiger partial charge >= 0.3 is 5.97 Å². The lowest BCUT2D eigenvalue weighted by atomic mass is 10.4. The first-order valence-corrected chi connectivity index (χ1v) is 6.80. The molecule has 0 spiro atoms. The summed E-state index contributed by atoms with van der Waals surface area (Å²) in [6, 6.07) is 0. The van der Waals surface area contributed by atoms with Gasteiger partial charge in [-0.25, -0.2) is 9.78 Å². The number of aromatic amines is 1. The lowest BCUT2D eigenvalue weighted by Crippen LogP contribution is -2.10. The Morgan fingerprint density at radius 3 is 2.94 bits per heavy atom. The Labute approximate surface area is 98.3 Å². The average molecular weight is 258 g/mol. The lowest BCUT2D eigenvalue weighted by molar-refractivity contribution is -0.129. The van der Waals surface area contributed by atoms with E-state index in [-0.39, 0.29) is 13.6 Å². The molecule has 0 aromatic carbocycles. The minimum atomic E-state index is -0.444. The molecule has 0 bridgehead atoms. The van der Waals surface area contributed by atoms with Crippen molar-refractivity contribution in [3.63, 3.8) is 0 Å². The second-order valence-electron chi connectivity index (χ2n) is 3.06. The van der Waals surface area contributed by atoms with Gasteiger partial charge in [0.1, 0.15) is 8.01 Å². The van der Waals surface area contributed by atoms with Crippen LogP contribution < -0.4 is 5.56 Å². The molecule has 0 saturated heterocycles. The third kappa shape index (κ3) is 3.79. The molecule has 5 nitrogen and oxygen atoms in total. The highest BCUT2D eigenvalue weighted by Crippen LogP contribution is 2.35. The minimum absolute atomic E-state index is 0.150. The summed E-state index contributed by atoms with van der Waals surface area (Å²) in [5.41, 5.74) is 0.707. The van der Waals surface area contributed by atoms with Crippen molar-refractivity contribution in [3.8, 4) is 0 Å². The standard InChI is InChI=1S/C9H11N2O3PS/c1-5(2)8(13)14-15-16-9-10-4-6(3)7(12)11-9/h4,15H,1H2,2-3H3,(H,10,11,12). The zero-order valence-corrected chi connectivity index (χ0v) is 10.7. The highest BCUT2D eigenvalue weighted by atomic mass is 32.7. The van der Waals surface area contributed by atoms with Crippen LogP contribution in [0.2, 0.25) is 0 Å². The van der Waals surface area contributed by atoms with Crippen molar-refractivity contribution < 1.29 is 9.32 Å². The Morgan fingerprint density at radius 1 is 1.69 bits per heavy atom. The van der Waals surface area contributed by atoms with E-state index < -0.39 is 5.97 Å². The van der Waals surface area contributed by atoms with Gasteiger partial charge in [-0.05, 0) is 25.2 Å². The topological polar surface area (TPSA) is 72.0 Å². The summed E-state index contributed by atoms with van der Waals surface area (Å²) in [4.78, 5) is 28.8. The van der Waals surface area contributed by atoms with E-state index in [0.29, 0.717) is 16.3 Å². The lowest BCUT2D eigenvalue weighted by Gasteiger charge is -2.02. The maximum atomic E-state index is 11.2. The van der Waals surface area contributed by atoms with Gasteiger partial charge in [-0.1, -0.05) is 6.58 Å². The van der Waals surface area contributed by atoms with Gasteiger partial charge in [-0.3, -0.25) is 4.79 Å². The number of H-pyrrole nitrogens is 1. The van der Waals surface area contributed by atoms with E-state index in [1.165, 1.54) is 17.6 Å². The normalized spacial score (nSPS) is 10.6. The largest absolute Gasteiger partial charge is 0.433 e. The number of nitrogens with one attached hydrogen (secondary N) is 1. The van der Waals surface area contributed by atoms with Crippen molar-refractivity contribution in [2.24, 2.45) is 0 Å². The van der Waals surface area contributed by atoms with Crippen molar-refractivity contribution in [2.75, 3.05) is 0 Å². The van der Waals surface area contributed by atoms with E-state index >= 15 is 0 Å². The van der Waals surface area contributed by atoms with Gasteiger partial charge in [0.25, 0.3) is 5.56 Å². The molecular formula is C9H11N2O3PS. The molecule has 0 fully saturated rings. The summed E-state index contributed by atoms with van der Waals surface area (Å²) in [6.07, 6.45) is 1.48. The van der Waals surface area contributed by atoms with Gasteiger partial charge in [0.15, 0.2) is 5.16 Å². The molecule has 7 heteroatoms. The highest BCUT2D eigenvalue weighted by molar-refractivity contribution is 8.48. The first-order valence-electron chi connectivity index (χ1n) is 4.35. The first-order chi connectivity index (χ1) is 7.50. The molecule has 0 amide bonds. The zero-order valence-electron chi connectivity index (χ0n) is 8.86. The molecule has 1 aromatic heterocycles. The molecule has 16 heavy (non-hydrogen) atoms. The van der Waals surface area contributed by atoms with Crippen molar-refractivity contribution in [3.05, 3.63) is 34.3 Å². The first kappa shape index (κ1) is 12.9.